The number of thioether (sulfide) groups is 1. The van der Waals surface area contributed by atoms with Crippen LogP contribution in [-0.4, -0.2) is 58.2 Å². The van der Waals surface area contributed by atoms with E-state index in [1.54, 1.807) is 6.92 Å². The van der Waals surface area contributed by atoms with Gasteiger partial charge in [-0.15, -0.1) is 0 Å². The molecule has 0 saturated carbocycles. The Hall–Kier alpha value is -1.28. The summed E-state index contributed by atoms with van der Waals surface area (Å²) in [5.74, 6) is -1.74. The summed E-state index contributed by atoms with van der Waals surface area (Å²) < 4.78 is 0. The molecule has 0 fully saturated rings. The molecule has 0 aromatic carbocycles. The number of aliphatic hydroxyl groups excluding tert-OH is 1. The maximum atomic E-state index is 11.8. The van der Waals surface area contributed by atoms with Gasteiger partial charge in [0.1, 0.15) is 18.2 Å². The van der Waals surface area contributed by atoms with Gasteiger partial charge in [0.2, 0.25) is 11.8 Å². The highest BCUT2D eigenvalue weighted by molar-refractivity contribution is 7.98. The molecule has 4 N–H and O–H groups in total. The van der Waals surface area contributed by atoms with Gasteiger partial charge in [-0.2, -0.15) is 11.8 Å². The van der Waals surface area contributed by atoms with Gasteiger partial charge < -0.3 is 20.8 Å². The second-order valence-electron chi connectivity index (χ2n) is 4.34. The molecule has 3 atom stereocenters. The predicted octanol–water partition coefficient (Wildman–Crippen LogP) is -0.415. The van der Waals surface area contributed by atoms with Gasteiger partial charge in [-0.05, 0) is 31.8 Å². The second-order valence-corrected chi connectivity index (χ2v) is 5.32. The Kier molecular flexibility index (Phi) is 8.98. The number of hydrogen-bond donors (Lipinski definition) is 4. The third-order valence-corrected chi connectivity index (χ3v) is 3.31. The zero-order chi connectivity index (χ0) is 15.7. The summed E-state index contributed by atoms with van der Waals surface area (Å²) in [7, 11) is 0. The van der Waals surface area contributed by atoms with E-state index in [9.17, 15) is 19.5 Å². The van der Waals surface area contributed by atoms with Crippen molar-refractivity contribution >= 4 is 29.5 Å². The van der Waals surface area contributed by atoms with Gasteiger partial charge in [0.25, 0.3) is 0 Å². The van der Waals surface area contributed by atoms with Crippen molar-refractivity contribution in [2.24, 2.45) is 0 Å². The number of carbonyl (C=O) groups is 3. The van der Waals surface area contributed by atoms with Crippen molar-refractivity contribution in [1.82, 2.24) is 10.6 Å². The minimum Gasteiger partial charge on any atom is -0.480 e. The molecule has 0 heterocycles. The number of carboxylic acid groups (broad SMARTS) is 1. The molecule has 2 amide bonds. The number of rotatable bonds is 9. The summed E-state index contributed by atoms with van der Waals surface area (Å²) >= 11 is 1.48. The number of hydrogen-bond acceptors (Lipinski definition) is 5. The van der Waals surface area contributed by atoms with E-state index in [0.29, 0.717) is 12.2 Å². The van der Waals surface area contributed by atoms with Crippen LogP contribution in [0.25, 0.3) is 0 Å². The van der Waals surface area contributed by atoms with Crippen molar-refractivity contribution in [3.8, 4) is 0 Å². The first-order valence-electron chi connectivity index (χ1n) is 6.34. The number of nitrogens with one attached hydrogen (secondary N) is 2. The zero-order valence-corrected chi connectivity index (χ0v) is 12.7. The highest BCUT2D eigenvalue weighted by atomic mass is 32.2. The first-order valence-corrected chi connectivity index (χ1v) is 7.73. The van der Waals surface area contributed by atoms with Gasteiger partial charge in [-0.25, -0.2) is 4.79 Å². The van der Waals surface area contributed by atoms with Gasteiger partial charge >= 0.3 is 5.97 Å². The lowest BCUT2D eigenvalue weighted by atomic mass is 10.2. The van der Waals surface area contributed by atoms with Gasteiger partial charge in [0.15, 0.2) is 0 Å². The molecule has 0 aliphatic heterocycles. The molecule has 8 heteroatoms. The number of amides is 2. The van der Waals surface area contributed by atoms with Crippen LogP contribution in [0.1, 0.15) is 26.7 Å². The third-order valence-electron chi connectivity index (χ3n) is 2.67. The highest BCUT2D eigenvalue weighted by Gasteiger charge is 2.24. The van der Waals surface area contributed by atoms with Crippen LogP contribution in [0.2, 0.25) is 0 Å². The number of aliphatic hydroxyl groups is 1. The third kappa shape index (κ3) is 6.76. The zero-order valence-electron chi connectivity index (χ0n) is 11.9. The standard InChI is InChI=1S/C12H22N2O5S/c1-4-9(15)11(17)13-7(2)10(16)14-8(12(18)19)5-6-20-3/h7-9,15H,4-6H2,1-3H3,(H,13,17)(H,14,16)(H,18,19)/t7-,8-,9?/m0/s1. The second kappa shape index (κ2) is 9.60. The van der Waals surface area contributed by atoms with Crippen molar-refractivity contribution < 1.29 is 24.6 Å². The van der Waals surface area contributed by atoms with Crippen molar-refractivity contribution in [1.29, 1.82) is 0 Å². The smallest absolute Gasteiger partial charge is 0.326 e. The minimum atomic E-state index is -1.17. The average molecular weight is 306 g/mol. The average Bonchev–Trinajstić information content (AvgIpc) is 2.41. The summed E-state index contributed by atoms with van der Waals surface area (Å²) in [6.07, 6.45) is 1.22. The predicted molar refractivity (Wildman–Crippen MR) is 76.5 cm³/mol. The van der Waals surface area contributed by atoms with Gasteiger partial charge in [0, 0.05) is 0 Å². The van der Waals surface area contributed by atoms with E-state index < -0.39 is 36.0 Å². The summed E-state index contributed by atoms with van der Waals surface area (Å²) in [6, 6.07) is -1.88. The van der Waals surface area contributed by atoms with Crippen LogP contribution < -0.4 is 10.6 Å². The van der Waals surface area contributed by atoms with Crippen LogP contribution >= 0.6 is 11.8 Å². The van der Waals surface area contributed by atoms with E-state index in [1.165, 1.54) is 18.7 Å². The SMILES string of the molecule is CCC(O)C(=O)N[C@@H](C)C(=O)N[C@@H](CCSC)C(=O)O. The summed E-state index contributed by atoms with van der Waals surface area (Å²) in [6.45, 7) is 3.07. The molecule has 0 aromatic rings. The fourth-order valence-electron chi connectivity index (χ4n) is 1.35. The van der Waals surface area contributed by atoms with Crippen LogP contribution in [0.15, 0.2) is 0 Å². The van der Waals surface area contributed by atoms with Gasteiger partial charge in [0.05, 0.1) is 0 Å². The van der Waals surface area contributed by atoms with E-state index >= 15 is 0 Å². The summed E-state index contributed by atoms with van der Waals surface area (Å²) in [4.78, 5) is 34.2. The first-order chi connectivity index (χ1) is 9.33. The van der Waals surface area contributed by atoms with Crippen LogP contribution in [0.5, 0.6) is 0 Å². The monoisotopic (exact) mass is 306 g/mol. The summed E-state index contributed by atoms with van der Waals surface area (Å²) in [5.41, 5.74) is 0. The Bertz CT molecular complexity index is 351. The maximum absolute atomic E-state index is 11.8. The molecule has 0 rings (SSSR count). The number of carboxylic acids is 1. The molecule has 1 unspecified atom stereocenters. The Balaban J connectivity index is 4.41. The molecule has 0 bridgehead atoms. The molecule has 116 valence electrons. The van der Waals surface area contributed by atoms with Gasteiger partial charge in [-0.1, -0.05) is 6.92 Å². The molecule has 20 heavy (non-hydrogen) atoms. The van der Waals surface area contributed by atoms with E-state index in [4.69, 9.17) is 5.11 Å². The Morgan fingerprint density at radius 1 is 1.20 bits per heavy atom. The van der Waals surface area contributed by atoms with Gasteiger partial charge in [-0.3, -0.25) is 9.59 Å². The van der Waals surface area contributed by atoms with E-state index in [1.807, 2.05) is 6.26 Å². The van der Waals surface area contributed by atoms with Crippen LogP contribution in [0, 0.1) is 0 Å². The molecular weight excluding hydrogens is 284 g/mol. The van der Waals surface area contributed by atoms with Crippen LogP contribution in [0.4, 0.5) is 0 Å². The Morgan fingerprint density at radius 2 is 1.80 bits per heavy atom. The summed E-state index contributed by atoms with van der Waals surface area (Å²) in [5, 5.41) is 23.0. The van der Waals surface area contributed by atoms with Crippen molar-refractivity contribution in [2.75, 3.05) is 12.0 Å². The largest absolute Gasteiger partial charge is 0.480 e. The molecule has 0 saturated heterocycles. The lowest BCUT2D eigenvalue weighted by Gasteiger charge is -2.19. The highest BCUT2D eigenvalue weighted by Crippen LogP contribution is 2.01. The van der Waals surface area contributed by atoms with E-state index in [2.05, 4.69) is 10.6 Å². The van der Waals surface area contributed by atoms with Crippen LogP contribution in [-0.2, 0) is 14.4 Å². The molecule has 0 aromatic heterocycles. The topological polar surface area (TPSA) is 116 Å². The fraction of sp³-hybridized carbons (Fsp3) is 0.750. The first kappa shape index (κ1) is 18.7. The molecule has 0 spiro atoms. The Labute approximate surface area is 122 Å². The number of carbonyl (C=O) groups excluding carboxylic acids is 2. The number of aliphatic carboxylic acids is 1. The molecule has 0 aliphatic rings. The molecule has 7 nitrogen and oxygen atoms in total. The van der Waals surface area contributed by atoms with E-state index in [0.717, 1.165) is 0 Å². The molecule has 0 radical (unpaired) electrons. The van der Waals surface area contributed by atoms with Crippen molar-refractivity contribution in [3.63, 3.8) is 0 Å². The minimum absolute atomic E-state index is 0.242. The van der Waals surface area contributed by atoms with Crippen molar-refractivity contribution in [3.05, 3.63) is 0 Å². The van der Waals surface area contributed by atoms with Crippen molar-refractivity contribution in [2.45, 2.75) is 44.9 Å². The van der Waals surface area contributed by atoms with E-state index in [-0.39, 0.29) is 6.42 Å². The lowest BCUT2D eigenvalue weighted by Crippen LogP contribution is -2.52. The lowest BCUT2D eigenvalue weighted by molar-refractivity contribution is -0.142. The van der Waals surface area contributed by atoms with Crippen LogP contribution in [0.3, 0.4) is 0 Å². The molecular formula is C12H22N2O5S. The quantitative estimate of drug-likeness (QED) is 0.460. The Morgan fingerprint density at radius 3 is 2.25 bits per heavy atom. The normalized spacial score (nSPS) is 15.0. The maximum Gasteiger partial charge on any atom is 0.326 e. The molecule has 0 aliphatic carbocycles. The fourth-order valence-corrected chi connectivity index (χ4v) is 1.82.